The SMILES string of the molecule is Cc1cc(N(C)Cc2noc(C3CCC3)n2)n2nc(C)c(C)c2n1. The van der Waals surface area contributed by atoms with E-state index in [9.17, 15) is 0 Å². The van der Waals surface area contributed by atoms with Crippen molar-refractivity contribution < 1.29 is 4.52 Å². The average Bonchev–Trinajstić information content (AvgIpc) is 3.03. The maximum absolute atomic E-state index is 5.42. The molecule has 0 radical (unpaired) electrons. The van der Waals surface area contributed by atoms with Crippen LogP contribution in [0.1, 0.15) is 53.8 Å². The van der Waals surface area contributed by atoms with Crippen molar-refractivity contribution in [2.24, 2.45) is 0 Å². The fraction of sp³-hybridized carbons (Fsp3) is 0.529. The Labute approximate surface area is 140 Å². The second kappa shape index (κ2) is 5.58. The molecule has 0 saturated heterocycles. The quantitative estimate of drug-likeness (QED) is 0.734. The zero-order chi connectivity index (χ0) is 16.8. The molecular formula is C17H22N6O. The second-order valence-corrected chi connectivity index (χ2v) is 6.73. The third kappa shape index (κ3) is 2.44. The van der Waals surface area contributed by atoms with Crippen LogP contribution in [0.2, 0.25) is 0 Å². The Morgan fingerprint density at radius 1 is 1.25 bits per heavy atom. The highest BCUT2D eigenvalue weighted by atomic mass is 16.5. The summed E-state index contributed by atoms with van der Waals surface area (Å²) in [6, 6.07) is 2.03. The Kier molecular flexibility index (Phi) is 3.51. The van der Waals surface area contributed by atoms with E-state index in [-0.39, 0.29) is 0 Å². The van der Waals surface area contributed by atoms with E-state index in [0.717, 1.165) is 47.1 Å². The molecular weight excluding hydrogens is 304 g/mol. The highest BCUT2D eigenvalue weighted by Gasteiger charge is 2.25. The second-order valence-electron chi connectivity index (χ2n) is 6.73. The van der Waals surface area contributed by atoms with Crippen molar-refractivity contribution in [2.45, 2.75) is 52.5 Å². The lowest BCUT2D eigenvalue weighted by molar-refractivity contribution is 0.291. The van der Waals surface area contributed by atoms with Gasteiger partial charge in [0.05, 0.1) is 12.2 Å². The molecule has 7 heteroatoms. The van der Waals surface area contributed by atoms with Gasteiger partial charge >= 0.3 is 0 Å². The molecule has 0 N–H and O–H groups in total. The number of fused-ring (bicyclic) bond motifs is 1. The molecule has 1 aliphatic carbocycles. The first-order valence-corrected chi connectivity index (χ1v) is 8.40. The predicted octanol–water partition coefficient (Wildman–Crippen LogP) is 2.94. The van der Waals surface area contributed by atoms with Gasteiger partial charge in [-0.2, -0.15) is 14.6 Å². The minimum absolute atomic E-state index is 0.461. The molecule has 4 rings (SSSR count). The zero-order valence-corrected chi connectivity index (χ0v) is 14.6. The van der Waals surface area contributed by atoms with Crippen molar-refractivity contribution in [3.63, 3.8) is 0 Å². The maximum atomic E-state index is 5.42. The first-order valence-electron chi connectivity index (χ1n) is 8.40. The van der Waals surface area contributed by atoms with Crippen LogP contribution in [0.15, 0.2) is 10.6 Å². The van der Waals surface area contributed by atoms with E-state index in [4.69, 9.17) is 4.52 Å². The summed E-state index contributed by atoms with van der Waals surface area (Å²) in [5.74, 6) is 2.93. The van der Waals surface area contributed by atoms with Crippen molar-refractivity contribution in [3.05, 3.63) is 34.7 Å². The maximum Gasteiger partial charge on any atom is 0.229 e. The van der Waals surface area contributed by atoms with Crippen LogP contribution in [0.4, 0.5) is 5.82 Å². The summed E-state index contributed by atoms with van der Waals surface area (Å²) in [5, 5.41) is 8.76. The average molecular weight is 326 g/mol. The largest absolute Gasteiger partial charge is 0.352 e. The van der Waals surface area contributed by atoms with E-state index in [1.807, 2.05) is 31.5 Å². The standard InChI is InChI=1S/C17H22N6O/c1-10-8-15(23-16(18-10)11(2)12(3)20-23)22(4)9-14-19-17(24-21-14)13-6-5-7-13/h8,13H,5-7,9H2,1-4H3. The lowest BCUT2D eigenvalue weighted by Crippen LogP contribution is -2.21. The number of hydrogen-bond acceptors (Lipinski definition) is 6. The first-order chi connectivity index (χ1) is 11.5. The van der Waals surface area contributed by atoms with Crippen LogP contribution in [0.5, 0.6) is 0 Å². The van der Waals surface area contributed by atoms with E-state index < -0.39 is 0 Å². The third-order valence-corrected chi connectivity index (χ3v) is 4.87. The molecule has 0 amide bonds. The van der Waals surface area contributed by atoms with Gasteiger partial charge in [-0.05, 0) is 33.6 Å². The van der Waals surface area contributed by atoms with Crippen LogP contribution in [-0.2, 0) is 6.54 Å². The van der Waals surface area contributed by atoms with Gasteiger partial charge in [-0.1, -0.05) is 11.6 Å². The molecule has 3 aromatic rings. The zero-order valence-electron chi connectivity index (χ0n) is 14.6. The summed E-state index contributed by atoms with van der Waals surface area (Å²) in [6.45, 7) is 6.64. The number of rotatable bonds is 4. The minimum atomic E-state index is 0.461. The van der Waals surface area contributed by atoms with Gasteiger partial charge in [0.25, 0.3) is 0 Å². The summed E-state index contributed by atoms with van der Waals surface area (Å²) in [6.07, 6.45) is 3.58. The van der Waals surface area contributed by atoms with Gasteiger partial charge in [-0.3, -0.25) is 0 Å². The van der Waals surface area contributed by atoms with Crippen molar-refractivity contribution in [1.29, 1.82) is 0 Å². The van der Waals surface area contributed by atoms with E-state index in [1.54, 1.807) is 0 Å². The number of anilines is 1. The van der Waals surface area contributed by atoms with Crippen molar-refractivity contribution in [2.75, 3.05) is 11.9 Å². The van der Waals surface area contributed by atoms with Crippen molar-refractivity contribution in [3.8, 4) is 0 Å². The molecule has 0 atom stereocenters. The molecule has 0 unspecified atom stereocenters. The van der Waals surface area contributed by atoms with Gasteiger partial charge in [0.1, 0.15) is 5.82 Å². The van der Waals surface area contributed by atoms with Crippen molar-refractivity contribution >= 4 is 11.5 Å². The summed E-state index contributed by atoms with van der Waals surface area (Å²) < 4.78 is 7.31. The van der Waals surface area contributed by atoms with Crippen LogP contribution in [0, 0.1) is 20.8 Å². The monoisotopic (exact) mass is 326 g/mol. The Morgan fingerprint density at radius 3 is 2.75 bits per heavy atom. The van der Waals surface area contributed by atoms with Gasteiger partial charge in [0, 0.05) is 30.3 Å². The summed E-state index contributed by atoms with van der Waals surface area (Å²) in [7, 11) is 2.01. The molecule has 1 aliphatic rings. The van der Waals surface area contributed by atoms with Gasteiger partial charge in [-0.15, -0.1) is 0 Å². The number of aromatic nitrogens is 5. The molecule has 3 heterocycles. The van der Waals surface area contributed by atoms with Gasteiger partial charge in [0.2, 0.25) is 5.89 Å². The van der Waals surface area contributed by atoms with E-state index in [0.29, 0.717) is 18.3 Å². The number of nitrogens with zero attached hydrogens (tertiary/aromatic N) is 6. The molecule has 3 aromatic heterocycles. The minimum Gasteiger partial charge on any atom is -0.352 e. The third-order valence-electron chi connectivity index (χ3n) is 4.87. The lowest BCUT2D eigenvalue weighted by Gasteiger charge is -2.20. The normalized spacial score (nSPS) is 15.0. The Balaban J connectivity index is 1.64. The Bertz CT molecular complexity index is 892. The van der Waals surface area contributed by atoms with Crippen molar-refractivity contribution in [1.82, 2.24) is 24.7 Å². The van der Waals surface area contributed by atoms with E-state index >= 15 is 0 Å². The molecule has 1 fully saturated rings. The van der Waals surface area contributed by atoms with Gasteiger partial charge < -0.3 is 9.42 Å². The van der Waals surface area contributed by atoms with Crippen LogP contribution < -0.4 is 4.90 Å². The molecule has 24 heavy (non-hydrogen) atoms. The Morgan fingerprint density at radius 2 is 2.04 bits per heavy atom. The summed E-state index contributed by atoms with van der Waals surface area (Å²) in [5.41, 5.74) is 3.97. The van der Waals surface area contributed by atoms with E-state index in [2.05, 4.69) is 32.0 Å². The van der Waals surface area contributed by atoms with Gasteiger partial charge in [0.15, 0.2) is 11.5 Å². The molecule has 0 spiro atoms. The molecule has 0 bridgehead atoms. The number of hydrogen-bond donors (Lipinski definition) is 0. The van der Waals surface area contributed by atoms with Crippen LogP contribution >= 0.6 is 0 Å². The van der Waals surface area contributed by atoms with Crippen LogP contribution in [0.3, 0.4) is 0 Å². The lowest BCUT2D eigenvalue weighted by atomic mass is 9.85. The smallest absolute Gasteiger partial charge is 0.229 e. The molecule has 7 nitrogen and oxygen atoms in total. The highest BCUT2D eigenvalue weighted by molar-refractivity contribution is 5.56. The van der Waals surface area contributed by atoms with Crippen LogP contribution in [-0.4, -0.2) is 31.8 Å². The molecule has 0 aromatic carbocycles. The fourth-order valence-electron chi connectivity index (χ4n) is 3.05. The first kappa shape index (κ1) is 15.1. The summed E-state index contributed by atoms with van der Waals surface area (Å²) >= 11 is 0. The van der Waals surface area contributed by atoms with Gasteiger partial charge in [-0.25, -0.2) is 4.98 Å². The molecule has 126 valence electrons. The Hall–Kier alpha value is -2.44. The molecule has 1 saturated carbocycles. The predicted molar refractivity (Wildman–Crippen MR) is 90.2 cm³/mol. The fourth-order valence-corrected chi connectivity index (χ4v) is 3.05. The topological polar surface area (TPSA) is 72.4 Å². The van der Waals surface area contributed by atoms with E-state index in [1.165, 1.54) is 6.42 Å². The molecule has 0 aliphatic heterocycles. The number of aryl methyl sites for hydroxylation is 3. The highest BCUT2D eigenvalue weighted by Crippen LogP contribution is 2.35. The van der Waals surface area contributed by atoms with Crippen LogP contribution in [0.25, 0.3) is 5.65 Å². The summed E-state index contributed by atoms with van der Waals surface area (Å²) in [4.78, 5) is 11.3.